The van der Waals surface area contributed by atoms with Crippen LogP contribution in [-0.2, 0) is 9.53 Å². The second-order valence-corrected chi connectivity index (χ2v) is 3.75. The molecule has 2 rings (SSSR count). The van der Waals surface area contributed by atoms with E-state index in [9.17, 15) is 4.79 Å². The minimum atomic E-state index is -0.913. The second kappa shape index (κ2) is 5.05. The van der Waals surface area contributed by atoms with E-state index in [1.165, 1.54) is 7.11 Å². The zero-order chi connectivity index (χ0) is 12.3. The molecule has 0 aromatic heterocycles. The van der Waals surface area contributed by atoms with Crippen LogP contribution in [0.2, 0.25) is 0 Å². The maximum atomic E-state index is 11.1. The summed E-state index contributed by atoms with van der Waals surface area (Å²) in [4.78, 5) is 11.1. The molecular weight excluding hydrogens is 224 g/mol. The van der Waals surface area contributed by atoms with Gasteiger partial charge in [-0.2, -0.15) is 0 Å². The van der Waals surface area contributed by atoms with Gasteiger partial charge in [-0.15, -0.1) is 0 Å². The van der Waals surface area contributed by atoms with Gasteiger partial charge < -0.3 is 19.3 Å². The highest BCUT2D eigenvalue weighted by Crippen LogP contribution is 2.33. The number of ether oxygens (including phenoxy) is 3. The van der Waals surface area contributed by atoms with Gasteiger partial charge in [0.1, 0.15) is 19.1 Å². The molecule has 0 radical (unpaired) electrons. The van der Waals surface area contributed by atoms with Crippen LogP contribution in [0.5, 0.6) is 11.5 Å². The number of fused-ring (bicyclic) bond motifs is 1. The van der Waals surface area contributed by atoms with Crippen molar-refractivity contribution >= 4 is 5.97 Å². The number of hydrogen-bond donors (Lipinski definition) is 1. The average molecular weight is 238 g/mol. The molecule has 1 aliphatic rings. The van der Waals surface area contributed by atoms with E-state index < -0.39 is 11.9 Å². The summed E-state index contributed by atoms with van der Waals surface area (Å²) in [6, 6.07) is 5.16. The first kappa shape index (κ1) is 11.7. The molecule has 1 aromatic carbocycles. The Morgan fingerprint density at radius 3 is 2.76 bits per heavy atom. The summed E-state index contributed by atoms with van der Waals surface area (Å²) in [6.45, 7) is 1.14. The summed E-state index contributed by atoms with van der Waals surface area (Å²) >= 11 is 0. The van der Waals surface area contributed by atoms with Crippen molar-refractivity contribution in [1.82, 2.24) is 0 Å². The molecule has 17 heavy (non-hydrogen) atoms. The monoisotopic (exact) mass is 238 g/mol. The molecule has 5 heteroatoms. The molecule has 0 bridgehead atoms. The van der Waals surface area contributed by atoms with Crippen LogP contribution < -0.4 is 9.47 Å². The summed E-state index contributed by atoms with van der Waals surface area (Å²) in [5.74, 6) is -0.350. The number of aliphatic carboxylic acids is 1. The van der Waals surface area contributed by atoms with Gasteiger partial charge >= 0.3 is 5.97 Å². The minimum Gasteiger partial charge on any atom is -0.486 e. The molecule has 1 atom stereocenters. The number of carboxylic acids is 1. The fourth-order valence-corrected chi connectivity index (χ4v) is 1.75. The topological polar surface area (TPSA) is 65.0 Å². The molecule has 5 nitrogen and oxygen atoms in total. The van der Waals surface area contributed by atoms with Gasteiger partial charge in [-0.1, -0.05) is 6.07 Å². The van der Waals surface area contributed by atoms with Crippen molar-refractivity contribution in [2.24, 2.45) is 0 Å². The fraction of sp³-hybridized carbons (Fsp3) is 0.417. The van der Waals surface area contributed by atoms with Crippen LogP contribution in [-0.4, -0.2) is 38.0 Å². The average Bonchev–Trinajstić information content (AvgIpc) is 2.35. The lowest BCUT2D eigenvalue weighted by Gasteiger charge is -2.20. The normalized spacial score (nSPS) is 15.4. The van der Waals surface area contributed by atoms with E-state index in [0.717, 1.165) is 0 Å². The van der Waals surface area contributed by atoms with Crippen molar-refractivity contribution < 1.29 is 24.1 Å². The maximum Gasteiger partial charge on any atom is 0.313 e. The van der Waals surface area contributed by atoms with Crippen LogP contribution in [0.25, 0.3) is 0 Å². The third-order valence-corrected chi connectivity index (χ3v) is 2.60. The SMILES string of the molecule is COCC(C(=O)O)c1ccc2c(c1)OCCO2. The van der Waals surface area contributed by atoms with Crippen molar-refractivity contribution in [2.75, 3.05) is 26.9 Å². The molecule has 0 aliphatic carbocycles. The van der Waals surface area contributed by atoms with Crippen LogP contribution >= 0.6 is 0 Å². The highest BCUT2D eigenvalue weighted by Gasteiger charge is 2.22. The fourth-order valence-electron chi connectivity index (χ4n) is 1.75. The molecule has 1 N–H and O–H groups in total. The summed E-state index contributed by atoms with van der Waals surface area (Å²) in [5, 5.41) is 9.11. The van der Waals surface area contributed by atoms with Crippen molar-refractivity contribution in [3.05, 3.63) is 23.8 Å². The van der Waals surface area contributed by atoms with Crippen molar-refractivity contribution in [2.45, 2.75) is 5.92 Å². The lowest BCUT2D eigenvalue weighted by molar-refractivity contribution is -0.140. The summed E-state index contributed by atoms with van der Waals surface area (Å²) < 4.78 is 15.7. The number of carbonyl (C=O) groups is 1. The van der Waals surface area contributed by atoms with Crippen molar-refractivity contribution in [3.8, 4) is 11.5 Å². The Kier molecular flexibility index (Phi) is 3.49. The Hall–Kier alpha value is -1.75. The van der Waals surface area contributed by atoms with Gasteiger partial charge in [0.15, 0.2) is 11.5 Å². The zero-order valence-electron chi connectivity index (χ0n) is 9.51. The van der Waals surface area contributed by atoms with E-state index in [4.69, 9.17) is 19.3 Å². The van der Waals surface area contributed by atoms with Gasteiger partial charge in [0.25, 0.3) is 0 Å². The minimum absolute atomic E-state index is 0.134. The Bertz CT molecular complexity index is 415. The third kappa shape index (κ3) is 2.50. The summed E-state index contributed by atoms with van der Waals surface area (Å²) in [5.41, 5.74) is 0.656. The Balaban J connectivity index is 2.28. The molecule has 0 spiro atoms. The second-order valence-electron chi connectivity index (χ2n) is 3.75. The van der Waals surface area contributed by atoms with E-state index in [1.807, 2.05) is 0 Å². The van der Waals surface area contributed by atoms with Crippen LogP contribution in [0.1, 0.15) is 11.5 Å². The van der Waals surface area contributed by atoms with Gasteiger partial charge in [0.2, 0.25) is 0 Å². The molecule has 0 saturated carbocycles. The first-order valence-corrected chi connectivity index (χ1v) is 5.33. The van der Waals surface area contributed by atoms with Crippen molar-refractivity contribution in [1.29, 1.82) is 0 Å². The van der Waals surface area contributed by atoms with Crippen LogP contribution in [0.3, 0.4) is 0 Å². The molecule has 0 fully saturated rings. The molecule has 92 valence electrons. The van der Waals surface area contributed by atoms with Crippen molar-refractivity contribution in [3.63, 3.8) is 0 Å². The Morgan fingerprint density at radius 1 is 1.41 bits per heavy atom. The van der Waals surface area contributed by atoms with Crippen LogP contribution in [0.15, 0.2) is 18.2 Å². The molecule has 0 amide bonds. The van der Waals surface area contributed by atoms with Gasteiger partial charge in [0, 0.05) is 7.11 Å². The largest absolute Gasteiger partial charge is 0.486 e. The Labute approximate surface area is 98.9 Å². The molecule has 1 aliphatic heterocycles. The van der Waals surface area contributed by atoms with E-state index >= 15 is 0 Å². The molecule has 1 unspecified atom stereocenters. The summed E-state index contributed by atoms with van der Waals surface area (Å²) in [6.07, 6.45) is 0. The van der Waals surface area contributed by atoms with Gasteiger partial charge in [-0.05, 0) is 17.7 Å². The van der Waals surface area contributed by atoms with E-state index in [-0.39, 0.29) is 6.61 Å². The number of methoxy groups -OCH3 is 1. The lowest BCUT2D eigenvalue weighted by Crippen LogP contribution is -2.19. The van der Waals surface area contributed by atoms with Crippen LogP contribution in [0.4, 0.5) is 0 Å². The van der Waals surface area contributed by atoms with Gasteiger partial charge in [0.05, 0.1) is 6.61 Å². The number of carboxylic acid groups (broad SMARTS) is 1. The zero-order valence-corrected chi connectivity index (χ0v) is 9.51. The summed E-state index contributed by atoms with van der Waals surface area (Å²) in [7, 11) is 1.48. The number of rotatable bonds is 4. The third-order valence-electron chi connectivity index (χ3n) is 2.60. The Morgan fingerprint density at radius 2 is 2.12 bits per heavy atom. The number of hydrogen-bond acceptors (Lipinski definition) is 4. The predicted molar refractivity (Wildman–Crippen MR) is 59.7 cm³/mol. The first-order chi connectivity index (χ1) is 8.22. The molecule has 1 heterocycles. The molecular formula is C12H14O5. The quantitative estimate of drug-likeness (QED) is 0.855. The van der Waals surface area contributed by atoms with Crippen LogP contribution in [0, 0.1) is 0 Å². The first-order valence-electron chi connectivity index (χ1n) is 5.33. The highest BCUT2D eigenvalue weighted by atomic mass is 16.6. The lowest BCUT2D eigenvalue weighted by atomic mass is 9.99. The standard InChI is InChI=1S/C12H14O5/c1-15-7-9(12(13)14)8-2-3-10-11(6-8)17-5-4-16-10/h2-3,6,9H,4-5,7H2,1H3,(H,13,14). The predicted octanol–water partition coefficient (Wildman–Crippen LogP) is 1.27. The van der Waals surface area contributed by atoms with Gasteiger partial charge in [-0.3, -0.25) is 4.79 Å². The molecule has 1 aromatic rings. The maximum absolute atomic E-state index is 11.1. The smallest absolute Gasteiger partial charge is 0.313 e. The van der Waals surface area contributed by atoms with Gasteiger partial charge in [-0.25, -0.2) is 0 Å². The highest BCUT2D eigenvalue weighted by molar-refractivity contribution is 5.76. The number of benzene rings is 1. The molecule has 0 saturated heterocycles. The van der Waals surface area contributed by atoms with E-state index in [2.05, 4.69) is 0 Å². The van der Waals surface area contributed by atoms with E-state index in [0.29, 0.717) is 30.3 Å². The van der Waals surface area contributed by atoms with E-state index in [1.54, 1.807) is 18.2 Å².